The van der Waals surface area contributed by atoms with Gasteiger partial charge < -0.3 is 10.1 Å². The molecule has 6 heteroatoms. The Kier molecular flexibility index (Phi) is 4.71. The standard InChI is InChI=1S/C15H17N3O3/c1-3-4-12-9-14(18-17-12)15(20)21-13-7-5-11(6-8-13)16-10(2)19/h5-9H,3-4H2,1-2H3,(H,16,19)(H,17,18). The normalized spacial score (nSPS) is 10.2. The monoisotopic (exact) mass is 287 g/mol. The summed E-state index contributed by atoms with van der Waals surface area (Å²) in [5.41, 5.74) is 1.81. The summed E-state index contributed by atoms with van der Waals surface area (Å²) in [6.07, 6.45) is 1.81. The van der Waals surface area contributed by atoms with Gasteiger partial charge in [0.2, 0.25) is 5.91 Å². The van der Waals surface area contributed by atoms with Crippen molar-refractivity contribution in [2.75, 3.05) is 5.32 Å². The molecule has 0 bridgehead atoms. The fourth-order valence-corrected chi connectivity index (χ4v) is 1.83. The number of benzene rings is 1. The molecule has 0 spiro atoms. The second kappa shape index (κ2) is 6.69. The van der Waals surface area contributed by atoms with Gasteiger partial charge in [-0.05, 0) is 36.8 Å². The highest BCUT2D eigenvalue weighted by Gasteiger charge is 2.12. The molecule has 1 amide bonds. The van der Waals surface area contributed by atoms with E-state index in [1.807, 2.05) is 0 Å². The number of nitrogens with zero attached hydrogens (tertiary/aromatic N) is 1. The van der Waals surface area contributed by atoms with Gasteiger partial charge in [0.05, 0.1) is 0 Å². The highest BCUT2D eigenvalue weighted by Crippen LogP contribution is 2.17. The van der Waals surface area contributed by atoms with E-state index in [1.54, 1.807) is 30.3 Å². The first-order chi connectivity index (χ1) is 10.1. The van der Waals surface area contributed by atoms with E-state index in [4.69, 9.17) is 4.74 Å². The zero-order chi connectivity index (χ0) is 15.2. The minimum atomic E-state index is -0.513. The second-order valence-electron chi connectivity index (χ2n) is 4.62. The lowest BCUT2D eigenvalue weighted by Crippen LogP contribution is -2.09. The van der Waals surface area contributed by atoms with Crippen LogP contribution < -0.4 is 10.1 Å². The largest absolute Gasteiger partial charge is 0.422 e. The van der Waals surface area contributed by atoms with Gasteiger partial charge in [-0.1, -0.05) is 13.3 Å². The van der Waals surface area contributed by atoms with Crippen LogP contribution in [0.5, 0.6) is 5.75 Å². The van der Waals surface area contributed by atoms with Crippen molar-refractivity contribution in [1.29, 1.82) is 0 Å². The van der Waals surface area contributed by atoms with Crippen LogP contribution in [0.15, 0.2) is 30.3 Å². The molecule has 0 saturated heterocycles. The van der Waals surface area contributed by atoms with E-state index in [0.717, 1.165) is 18.5 Å². The van der Waals surface area contributed by atoms with Crippen LogP contribution in [0.25, 0.3) is 0 Å². The molecule has 1 heterocycles. The summed E-state index contributed by atoms with van der Waals surface area (Å²) < 4.78 is 5.22. The Hall–Kier alpha value is -2.63. The van der Waals surface area contributed by atoms with Crippen molar-refractivity contribution in [3.63, 3.8) is 0 Å². The van der Waals surface area contributed by atoms with Crippen LogP contribution in [0.1, 0.15) is 36.5 Å². The minimum Gasteiger partial charge on any atom is -0.422 e. The van der Waals surface area contributed by atoms with Crippen molar-refractivity contribution in [3.8, 4) is 5.75 Å². The molecule has 2 N–H and O–H groups in total. The van der Waals surface area contributed by atoms with E-state index in [1.165, 1.54) is 6.92 Å². The van der Waals surface area contributed by atoms with Crippen LogP contribution in [0.3, 0.4) is 0 Å². The Morgan fingerprint density at radius 3 is 2.62 bits per heavy atom. The number of anilines is 1. The molecule has 2 aromatic rings. The maximum absolute atomic E-state index is 11.9. The molecule has 6 nitrogen and oxygen atoms in total. The molecule has 0 atom stereocenters. The number of esters is 1. The molecule has 21 heavy (non-hydrogen) atoms. The molecule has 0 radical (unpaired) electrons. The number of hydrogen-bond acceptors (Lipinski definition) is 4. The van der Waals surface area contributed by atoms with Gasteiger partial charge in [-0.3, -0.25) is 9.89 Å². The summed E-state index contributed by atoms with van der Waals surface area (Å²) in [7, 11) is 0. The van der Waals surface area contributed by atoms with Gasteiger partial charge in [0.15, 0.2) is 5.69 Å². The molecular weight excluding hydrogens is 270 g/mol. The minimum absolute atomic E-state index is 0.153. The maximum atomic E-state index is 11.9. The first-order valence-corrected chi connectivity index (χ1v) is 6.72. The molecule has 1 aromatic carbocycles. The predicted octanol–water partition coefficient (Wildman–Crippen LogP) is 2.54. The SMILES string of the molecule is CCCc1cc(C(=O)Oc2ccc(NC(C)=O)cc2)n[nH]1. The first kappa shape index (κ1) is 14.8. The predicted molar refractivity (Wildman–Crippen MR) is 78.3 cm³/mol. The second-order valence-corrected chi connectivity index (χ2v) is 4.62. The summed E-state index contributed by atoms with van der Waals surface area (Å²) in [6.45, 7) is 3.48. The van der Waals surface area contributed by atoms with E-state index in [2.05, 4.69) is 22.4 Å². The highest BCUT2D eigenvalue weighted by molar-refractivity contribution is 5.90. The zero-order valence-corrected chi connectivity index (χ0v) is 12.0. The summed E-state index contributed by atoms with van der Waals surface area (Å²) in [4.78, 5) is 22.8. The van der Waals surface area contributed by atoms with E-state index in [9.17, 15) is 9.59 Å². The number of H-pyrrole nitrogens is 1. The van der Waals surface area contributed by atoms with Gasteiger partial charge in [-0.15, -0.1) is 0 Å². The number of hydrogen-bond donors (Lipinski definition) is 2. The highest BCUT2D eigenvalue weighted by atomic mass is 16.5. The Morgan fingerprint density at radius 1 is 1.29 bits per heavy atom. The number of carbonyl (C=O) groups is 2. The molecule has 0 saturated carbocycles. The third-order valence-corrected chi connectivity index (χ3v) is 2.74. The molecule has 0 aliphatic rings. The molecular formula is C15H17N3O3. The molecule has 0 unspecified atom stereocenters. The summed E-state index contributed by atoms with van der Waals surface area (Å²) in [5.74, 6) is -0.269. The smallest absolute Gasteiger partial charge is 0.364 e. The van der Waals surface area contributed by atoms with Gasteiger partial charge in [0.1, 0.15) is 5.75 Å². The first-order valence-electron chi connectivity index (χ1n) is 6.72. The fraction of sp³-hybridized carbons (Fsp3) is 0.267. The van der Waals surface area contributed by atoms with Crippen LogP contribution in [-0.2, 0) is 11.2 Å². The molecule has 1 aromatic heterocycles. The van der Waals surface area contributed by atoms with Gasteiger partial charge in [0, 0.05) is 18.3 Å². The molecule has 110 valence electrons. The lowest BCUT2D eigenvalue weighted by atomic mass is 10.2. The summed E-state index contributed by atoms with van der Waals surface area (Å²) >= 11 is 0. The summed E-state index contributed by atoms with van der Waals surface area (Å²) in [6, 6.07) is 8.25. The number of aryl methyl sites for hydroxylation is 1. The number of carbonyl (C=O) groups excluding carboxylic acids is 2. The van der Waals surface area contributed by atoms with Crippen molar-refractivity contribution in [2.45, 2.75) is 26.7 Å². The Labute approximate surface area is 122 Å². The van der Waals surface area contributed by atoms with Crippen molar-refractivity contribution in [2.24, 2.45) is 0 Å². The molecule has 0 fully saturated rings. The van der Waals surface area contributed by atoms with Gasteiger partial charge in [0.25, 0.3) is 0 Å². The number of aromatic amines is 1. The lowest BCUT2D eigenvalue weighted by molar-refractivity contribution is -0.114. The van der Waals surface area contributed by atoms with Crippen molar-refractivity contribution >= 4 is 17.6 Å². The quantitative estimate of drug-likeness (QED) is 0.654. The number of aromatic nitrogens is 2. The van der Waals surface area contributed by atoms with Crippen LogP contribution in [-0.4, -0.2) is 22.1 Å². The third kappa shape index (κ3) is 4.17. The lowest BCUT2D eigenvalue weighted by Gasteiger charge is -2.04. The molecule has 2 rings (SSSR count). The average Bonchev–Trinajstić information content (AvgIpc) is 2.89. The van der Waals surface area contributed by atoms with Crippen molar-refractivity contribution in [1.82, 2.24) is 10.2 Å². The topological polar surface area (TPSA) is 84.1 Å². The van der Waals surface area contributed by atoms with Gasteiger partial charge in [-0.2, -0.15) is 5.10 Å². The van der Waals surface area contributed by atoms with Crippen molar-refractivity contribution < 1.29 is 14.3 Å². The van der Waals surface area contributed by atoms with Gasteiger partial charge in [-0.25, -0.2) is 4.79 Å². The van der Waals surface area contributed by atoms with Gasteiger partial charge >= 0.3 is 5.97 Å². The Bertz CT molecular complexity index is 632. The Morgan fingerprint density at radius 2 is 2.00 bits per heavy atom. The van der Waals surface area contributed by atoms with Crippen LogP contribution in [0.2, 0.25) is 0 Å². The number of rotatable bonds is 5. The van der Waals surface area contributed by atoms with E-state index < -0.39 is 5.97 Å². The van der Waals surface area contributed by atoms with Crippen LogP contribution in [0.4, 0.5) is 5.69 Å². The third-order valence-electron chi connectivity index (χ3n) is 2.74. The number of ether oxygens (including phenoxy) is 1. The summed E-state index contributed by atoms with van der Waals surface area (Å²) in [5, 5.41) is 9.37. The molecule has 0 aliphatic heterocycles. The van der Waals surface area contributed by atoms with Crippen LogP contribution >= 0.6 is 0 Å². The molecule has 0 aliphatic carbocycles. The number of amides is 1. The van der Waals surface area contributed by atoms with Crippen LogP contribution in [0, 0.1) is 0 Å². The van der Waals surface area contributed by atoms with E-state index >= 15 is 0 Å². The zero-order valence-electron chi connectivity index (χ0n) is 12.0. The van der Waals surface area contributed by atoms with Crippen molar-refractivity contribution in [3.05, 3.63) is 41.7 Å². The Balaban J connectivity index is 1.99. The fourth-order valence-electron chi connectivity index (χ4n) is 1.83. The average molecular weight is 287 g/mol. The number of nitrogens with one attached hydrogen (secondary N) is 2. The maximum Gasteiger partial charge on any atom is 0.364 e. The van der Waals surface area contributed by atoms with E-state index in [0.29, 0.717) is 11.4 Å². The van der Waals surface area contributed by atoms with E-state index in [-0.39, 0.29) is 11.6 Å².